The number of hydrogen-bond donors (Lipinski definition) is 2. The fourth-order valence-electron chi connectivity index (χ4n) is 1.18. The summed E-state index contributed by atoms with van der Waals surface area (Å²) < 4.78 is 5.53. The number of hydrogen-bond acceptors (Lipinski definition) is 3. The number of carbonyl (C=O) groups excluding carboxylic acids is 1. The van der Waals surface area contributed by atoms with Gasteiger partial charge in [-0.25, -0.2) is 4.79 Å². The molecule has 0 aliphatic carbocycles. The molecule has 0 saturated heterocycles. The van der Waals surface area contributed by atoms with Crippen LogP contribution in [0.4, 0.5) is 5.69 Å². The minimum atomic E-state index is -1.12. The van der Waals surface area contributed by atoms with Crippen LogP contribution in [0.3, 0.4) is 0 Å². The van der Waals surface area contributed by atoms with E-state index in [4.69, 9.17) is 9.84 Å². The minimum absolute atomic E-state index is 0.00266. The van der Waals surface area contributed by atoms with Crippen LogP contribution in [0, 0.1) is 0 Å². The Morgan fingerprint density at radius 2 is 2.06 bits per heavy atom. The number of carbonyl (C=O) groups is 2. The van der Waals surface area contributed by atoms with Gasteiger partial charge in [0.2, 0.25) is 5.91 Å². The monoisotopic (exact) mass is 287 g/mol. The SMILES string of the molecule is COc1cc(NC(C)=O)c(C(=O)O)cc1Br. The van der Waals surface area contributed by atoms with Gasteiger partial charge in [-0.2, -0.15) is 0 Å². The second-order valence-corrected chi connectivity index (χ2v) is 3.87. The molecule has 1 amide bonds. The Kier molecular flexibility index (Phi) is 3.89. The molecule has 1 rings (SSSR count). The van der Waals surface area contributed by atoms with Crippen LogP contribution < -0.4 is 10.1 Å². The molecule has 0 aliphatic rings. The molecule has 16 heavy (non-hydrogen) atoms. The van der Waals surface area contributed by atoms with Crippen molar-refractivity contribution in [2.24, 2.45) is 0 Å². The molecule has 0 heterocycles. The maximum Gasteiger partial charge on any atom is 0.337 e. The summed E-state index contributed by atoms with van der Waals surface area (Å²) in [4.78, 5) is 21.9. The Morgan fingerprint density at radius 1 is 1.44 bits per heavy atom. The lowest BCUT2D eigenvalue weighted by atomic mass is 10.1. The van der Waals surface area contributed by atoms with E-state index >= 15 is 0 Å². The number of rotatable bonds is 3. The van der Waals surface area contributed by atoms with Gasteiger partial charge in [0, 0.05) is 13.0 Å². The van der Waals surface area contributed by atoms with E-state index in [1.807, 2.05) is 0 Å². The molecule has 6 heteroatoms. The first kappa shape index (κ1) is 12.5. The Hall–Kier alpha value is -1.56. The van der Waals surface area contributed by atoms with Crippen LogP contribution in [-0.4, -0.2) is 24.1 Å². The first-order chi connectivity index (χ1) is 7.45. The molecular weight excluding hydrogens is 278 g/mol. The number of methoxy groups -OCH3 is 1. The average Bonchev–Trinajstić information content (AvgIpc) is 2.19. The fraction of sp³-hybridized carbons (Fsp3) is 0.200. The molecule has 0 unspecified atom stereocenters. The van der Waals surface area contributed by atoms with E-state index in [1.165, 1.54) is 26.2 Å². The second-order valence-electron chi connectivity index (χ2n) is 3.02. The van der Waals surface area contributed by atoms with Gasteiger partial charge in [-0.1, -0.05) is 0 Å². The van der Waals surface area contributed by atoms with E-state index in [0.717, 1.165) is 0 Å². The number of carboxylic acid groups (broad SMARTS) is 1. The molecule has 0 bridgehead atoms. The number of benzene rings is 1. The van der Waals surface area contributed by atoms with Crippen molar-refractivity contribution in [3.63, 3.8) is 0 Å². The molecule has 0 atom stereocenters. The van der Waals surface area contributed by atoms with Crippen molar-refractivity contribution >= 4 is 33.5 Å². The van der Waals surface area contributed by atoms with Gasteiger partial charge in [-0.3, -0.25) is 4.79 Å². The van der Waals surface area contributed by atoms with Gasteiger partial charge in [0.15, 0.2) is 0 Å². The summed E-state index contributed by atoms with van der Waals surface area (Å²) in [7, 11) is 1.46. The largest absolute Gasteiger partial charge is 0.495 e. The van der Waals surface area contributed by atoms with Gasteiger partial charge in [0.25, 0.3) is 0 Å². The lowest BCUT2D eigenvalue weighted by Gasteiger charge is -2.10. The van der Waals surface area contributed by atoms with Crippen LogP contribution in [0.15, 0.2) is 16.6 Å². The van der Waals surface area contributed by atoms with Gasteiger partial charge >= 0.3 is 5.97 Å². The van der Waals surface area contributed by atoms with Crippen LogP contribution in [0.2, 0.25) is 0 Å². The quantitative estimate of drug-likeness (QED) is 0.893. The first-order valence-electron chi connectivity index (χ1n) is 4.34. The molecule has 0 spiro atoms. The predicted octanol–water partition coefficient (Wildman–Crippen LogP) is 2.11. The van der Waals surface area contributed by atoms with Crippen molar-refractivity contribution in [1.29, 1.82) is 0 Å². The number of amides is 1. The minimum Gasteiger partial charge on any atom is -0.495 e. The van der Waals surface area contributed by atoms with E-state index in [1.54, 1.807) is 0 Å². The normalized spacial score (nSPS) is 9.69. The molecule has 0 radical (unpaired) electrons. The van der Waals surface area contributed by atoms with Crippen molar-refractivity contribution in [3.05, 3.63) is 22.2 Å². The van der Waals surface area contributed by atoms with Crippen molar-refractivity contribution in [1.82, 2.24) is 0 Å². The third-order valence-corrected chi connectivity index (χ3v) is 2.45. The third kappa shape index (κ3) is 2.73. The molecule has 0 aliphatic heterocycles. The van der Waals surface area contributed by atoms with Crippen LogP contribution in [0.5, 0.6) is 5.75 Å². The smallest absolute Gasteiger partial charge is 0.337 e. The van der Waals surface area contributed by atoms with E-state index in [2.05, 4.69) is 21.2 Å². The molecular formula is C10H10BrNO4. The molecule has 5 nitrogen and oxygen atoms in total. The summed E-state index contributed by atoms with van der Waals surface area (Å²) in [5.74, 6) is -1.01. The van der Waals surface area contributed by atoms with Gasteiger partial charge in [-0.05, 0) is 22.0 Å². The first-order valence-corrected chi connectivity index (χ1v) is 5.13. The lowest BCUT2D eigenvalue weighted by Crippen LogP contribution is -2.11. The van der Waals surface area contributed by atoms with E-state index in [9.17, 15) is 9.59 Å². The number of carboxylic acids is 1. The van der Waals surface area contributed by atoms with Crippen molar-refractivity contribution in [2.45, 2.75) is 6.92 Å². The third-order valence-electron chi connectivity index (χ3n) is 1.83. The Labute approximate surface area is 101 Å². The number of nitrogens with one attached hydrogen (secondary N) is 1. The van der Waals surface area contributed by atoms with Crippen LogP contribution >= 0.6 is 15.9 Å². The zero-order chi connectivity index (χ0) is 12.3. The van der Waals surface area contributed by atoms with Crippen molar-refractivity contribution in [3.8, 4) is 5.75 Å². The van der Waals surface area contributed by atoms with Gasteiger partial charge < -0.3 is 15.2 Å². The maximum absolute atomic E-state index is 10.9. The van der Waals surface area contributed by atoms with Crippen LogP contribution in [0.1, 0.15) is 17.3 Å². The van der Waals surface area contributed by atoms with Crippen molar-refractivity contribution < 1.29 is 19.4 Å². The molecule has 0 aromatic heterocycles. The number of halogens is 1. The average molecular weight is 288 g/mol. The summed E-state index contributed by atoms with van der Waals surface area (Å²) in [6.07, 6.45) is 0. The van der Waals surface area contributed by atoms with E-state index in [-0.39, 0.29) is 17.2 Å². The fourth-order valence-corrected chi connectivity index (χ4v) is 1.69. The van der Waals surface area contributed by atoms with Gasteiger partial charge in [-0.15, -0.1) is 0 Å². The zero-order valence-electron chi connectivity index (χ0n) is 8.70. The molecule has 86 valence electrons. The highest BCUT2D eigenvalue weighted by atomic mass is 79.9. The second kappa shape index (κ2) is 4.98. The number of aromatic carboxylic acids is 1. The molecule has 1 aromatic rings. The maximum atomic E-state index is 10.9. The van der Waals surface area contributed by atoms with E-state index in [0.29, 0.717) is 10.2 Å². The zero-order valence-corrected chi connectivity index (χ0v) is 10.3. The Bertz CT molecular complexity index is 445. The van der Waals surface area contributed by atoms with E-state index < -0.39 is 5.97 Å². The molecule has 1 aromatic carbocycles. The highest BCUT2D eigenvalue weighted by Crippen LogP contribution is 2.31. The van der Waals surface area contributed by atoms with Crippen LogP contribution in [-0.2, 0) is 4.79 Å². The summed E-state index contributed by atoms with van der Waals surface area (Å²) in [6, 6.07) is 2.83. The topological polar surface area (TPSA) is 75.6 Å². The van der Waals surface area contributed by atoms with Gasteiger partial charge in [0.1, 0.15) is 5.75 Å². The highest BCUT2D eigenvalue weighted by molar-refractivity contribution is 9.10. The lowest BCUT2D eigenvalue weighted by molar-refractivity contribution is -0.114. The molecule has 2 N–H and O–H groups in total. The molecule has 0 fully saturated rings. The summed E-state index contributed by atoms with van der Waals surface area (Å²) in [5, 5.41) is 11.4. The highest BCUT2D eigenvalue weighted by Gasteiger charge is 2.15. The van der Waals surface area contributed by atoms with Crippen molar-refractivity contribution in [2.75, 3.05) is 12.4 Å². The Balaban J connectivity index is 3.30. The van der Waals surface area contributed by atoms with Crippen LogP contribution in [0.25, 0.3) is 0 Å². The summed E-state index contributed by atoms with van der Waals surface area (Å²) in [6.45, 7) is 1.31. The van der Waals surface area contributed by atoms with Gasteiger partial charge in [0.05, 0.1) is 22.8 Å². The summed E-state index contributed by atoms with van der Waals surface area (Å²) >= 11 is 3.17. The predicted molar refractivity (Wildman–Crippen MR) is 62.0 cm³/mol. The standard InChI is InChI=1S/C10H10BrNO4/c1-5(13)12-8-4-9(16-2)7(11)3-6(8)10(14)15/h3-4H,1-2H3,(H,12,13)(H,14,15). The number of ether oxygens (including phenoxy) is 1. The number of anilines is 1. The Morgan fingerprint density at radius 3 is 2.50 bits per heavy atom. The summed E-state index contributed by atoms with van der Waals surface area (Å²) in [5.41, 5.74) is 0.211. The molecule has 0 saturated carbocycles.